The fourth-order valence-corrected chi connectivity index (χ4v) is 1.72. The second-order valence-corrected chi connectivity index (χ2v) is 4.44. The zero-order chi connectivity index (χ0) is 13.0. The quantitative estimate of drug-likeness (QED) is 0.804. The van der Waals surface area contributed by atoms with E-state index in [4.69, 9.17) is 10.5 Å². The number of methoxy groups -OCH3 is 1. The van der Waals surface area contributed by atoms with E-state index in [-0.39, 0.29) is 5.82 Å². The van der Waals surface area contributed by atoms with Gasteiger partial charge in [0.15, 0.2) is 0 Å². The Morgan fingerprint density at radius 2 is 2.12 bits per heavy atom. The predicted molar refractivity (Wildman–Crippen MR) is 70.1 cm³/mol. The Labute approximate surface area is 102 Å². The molecular formula is C13H21FN2O. The molecule has 4 heteroatoms. The van der Waals surface area contributed by atoms with Crippen molar-refractivity contribution in [3.63, 3.8) is 0 Å². The molecule has 1 unspecified atom stereocenters. The molecule has 0 heterocycles. The highest BCUT2D eigenvalue weighted by Gasteiger charge is 2.13. The first-order chi connectivity index (χ1) is 7.99. The molecule has 0 bridgehead atoms. The third-order valence-electron chi connectivity index (χ3n) is 2.99. The largest absolute Gasteiger partial charge is 0.495 e. The molecule has 0 aromatic heterocycles. The van der Waals surface area contributed by atoms with E-state index in [0.717, 1.165) is 13.0 Å². The van der Waals surface area contributed by atoms with Gasteiger partial charge in [-0.25, -0.2) is 4.39 Å². The highest BCUT2D eigenvalue weighted by molar-refractivity contribution is 5.63. The number of rotatable bonds is 5. The van der Waals surface area contributed by atoms with Crippen LogP contribution in [0.1, 0.15) is 20.3 Å². The third kappa shape index (κ3) is 3.25. The highest BCUT2D eigenvalue weighted by atomic mass is 19.1. The van der Waals surface area contributed by atoms with E-state index in [2.05, 4.69) is 13.8 Å². The fourth-order valence-electron chi connectivity index (χ4n) is 1.72. The standard InChI is InChI=1S/C13H21FN2O/c1-5-9(2)8-16(3)12-7-13(17-4)11(15)6-10(12)14/h6-7,9H,5,8,15H2,1-4H3. The van der Waals surface area contributed by atoms with Gasteiger partial charge in [0.05, 0.1) is 18.5 Å². The van der Waals surface area contributed by atoms with Gasteiger partial charge in [-0.3, -0.25) is 0 Å². The van der Waals surface area contributed by atoms with Crippen LogP contribution in [-0.2, 0) is 0 Å². The minimum Gasteiger partial charge on any atom is -0.495 e. The van der Waals surface area contributed by atoms with Crippen LogP contribution in [0, 0.1) is 11.7 Å². The van der Waals surface area contributed by atoms with E-state index in [1.165, 1.54) is 13.2 Å². The minimum atomic E-state index is -0.311. The Bertz CT molecular complexity index is 382. The molecule has 0 saturated carbocycles. The lowest BCUT2D eigenvalue weighted by Gasteiger charge is -2.24. The van der Waals surface area contributed by atoms with Crippen molar-refractivity contribution < 1.29 is 9.13 Å². The summed E-state index contributed by atoms with van der Waals surface area (Å²) in [5.41, 5.74) is 6.49. The summed E-state index contributed by atoms with van der Waals surface area (Å²) in [4.78, 5) is 1.89. The van der Waals surface area contributed by atoms with Crippen LogP contribution in [0.5, 0.6) is 5.75 Å². The molecule has 0 aliphatic carbocycles. The Kier molecular flexibility index (Phi) is 4.61. The fraction of sp³-hybridized carbons (Fsp3) is 0.538. The first-order valence-electron chi connectivity index (χ1n) is 5.83. The molecule has 0 saturated heterocycles. The molecule has 3 nitrogen and oxygen atoms in total. The number of halogens is 1. The van der Waals surface area contributed by atoms with Crippen LogP contribution in [0.25, 0.3) is 0 Å². The lowest BCUT2D eigenvalue weighted by atomic mass is 10.1. The molecule has 0 radical (unpaired) electrons. The molecule has 0 amide bonds. The van der Waals surface area contributed by atoms with E-state index in [0.29, 0.717) is 23.0 Å². The topological polar surface area (TPSA) is 38.5 Å². The highest BCUT2D eigenvalue weighted by Crippen LogP contribution is 2.30. The molecule has 96 valence electrons. The van der Waals surface area contributed by atoms with Gasteiger partial charge in [-0.05, 0) is 5.92 Å². The van der Waals surface area contributed by atoms with Gasteiger partial charge in [0, 0.05) is 25.7 Å². The average Bonchev–Trinajstić information content (AvgIpc) is 2.28. The van der Waals surface area contributed by atoms with Crippen molar-refractivity contribution in [3.05, 3.63) is 17.9 Å². The van der Waals surface area contributed by atoms with Crippen molar-refractivity contribution in [3.8, 4) is 5.75 Å². The summed E-state index contributed by atoms with van der Waals surface area (Å²) in [6.45, 7) is 5.07. The molecule has 17 heavy (non-hydrogen) atoms. The van der Waals surface area contributed by atoms with Gasteiger partial charge in [-0.15, -0.1) is 0 Å². The van der Waals surface area contributed by atoms with Crippen molar-refractivity contribution in [2.24, 2.45) is 5.92 Å². The maximum atomic E-state index is 13.8. The molecule has 0 spiro atoms. The second-order valence-electron chi connectivity index (χ2n) is 4.44. The molecule has 0 aliphatic heterocycles. The van der Waals surface area contributed by atoms with E-state index in [9.17, 15) is 4.39 Å². The summed E-state index contributed by atoms with van der Waals surface area (Å²) in [6, 6.07) is 2.95. The lowest BCUT2D eigenvalue weighted by molar-refractivity contribution is 0.416. The smallest absolute Gasteiger partial charge is 0.148 e. The van der Waals surface area contributed by atoms with Gasteiger partial charge < -0.3 is 15.4 Å². The molecule has 0 fully saturated rings. The summed E-state index contributed by atoms with van der Waals surface area (Å²) in [6.07, 6.45) is 1.07. The zero-order valence-electron chi connectivity index (χ0n) is 11.0. The summed E-state index contributed by atoms with van der Waals surface area (Å²) < 4.78 is 18.9. The van der Waals surface area contributed by atoms with Crippen molar-refractivity contribution in [1.29, 1.82) is 0 Å². The van der Waals surface area contributed by atoms with E-state index in [1.807, 2.05) is 11.9 Å². The normalized spacial score (nSPS) is 12.3. The summed E-state index contributed by atoms with van der Waals surface area (Å²) in [7, 11) is 3.41. The van der Waals surface area contributed by atoms with Crippen molar-refractivity contribution >= 4 is 11.4 Å². The Hall–Kier alpha value is -1.45. The Morgan fingerprint density at radius 1 is 1.47 bits per heavy atom. The first-order valence-corrected chi connectivity index (χ1v) is 5.83. The monoisotopic (exact) mass is 240 g/mol. The maximum Gasteiger partial charge on any atom is 0.148 e. The van der Waals surface area contributed by atoms with E-state index < -0.39 is 0 Å². The van der Waals surface area contributed by atoms with Crippen LogP contribution in [0.15, 0.2) is 12.1 Å². The van der Waals surface area contributed by atoms with Crippen LogP contribution in [0.4, 0.5) is 15.8 Å². The molecule has 1 atom stereocenters. The van der Waals surface area contributed by atoms with E-state index in [1.54, 1.807) is 6.07 Å². The number of nitrogens with two attached hydrogens (primary N) is 1. The minimum absolute atomic E-state index is 0.311. The van der Waals surface area contributed by atoms with E-state index >= 15 is 0 Å². The van der Waals surface area contributed by atoms with Crippen molar-refractivity contribution in [2.75, 3.05) is 31.3 Å². The molecular weight excluding hydrogens is 219 g/mol. The second kappa shape index (κ2) is 5.75. The maximum absolute atomic E-state index is 13.8. The number of ether oxygens (including phenoxy) is 1. The van der Waals surface area contributed by atoms with Crippen LogP contribution in [0.3, 0.4) is 0 Å². The van der Waals surface area contributed by atoms with Gasteiger partial charge in [-0.1, -0.05) is 20.3 Å². The number of hydrogen-bond donors (Lipinski definition) is 1. The molecule has 0 aliphatic rings. The number of nitrogens with zero attached hydrogens (tertiary/aromatic N) is 1. The number of nitrogen functional groups attached to an aromatic ring is 1. The predicted octanol–water partition coefficient (Wildman–Crippen LogP) is 2.90. The molecule has 2 N–H and O–H groups in total. The number of hydrogen-bond acceptors (Lipinski definition) is 3. The average molecular weight is 240 g/mol. The van der Waals surface area contributed by atoms with Crippen molar-refractivity contribution in [2.45, 2.75) is 20.3 Å². The Morgan fingerprint density at radius 3 is 2.65 bits per heavy atom. The SMILES string of the molecule is CCC(C)CN(C)c1cc(OC)c(N)cc1F. The molecule has 1 aromatic carbocycles. The van der Waals surface area contributed by atoms with Crippen LogP contribution < -0.4 is 15.4 Å². The van der Waals surface area contributed by atoms with Gasteiger partial charge in [0.2, 0.25) is 0 Å². The third-order valence-corrected chi connectivity index (χ3v) is 2.99. The van der Waals surface area contributed by atoms with Crippen LogP contribution in [0.2, 0.25) is 0 Å². The van der Waals surface area contributed by atoms with Gasteiger partial charge in [0.1, 0.15) is 11.6 Å². The molecule has 1 rings (SSSR count). The number of benzene rings is 1. The summed E-state index contributed by atoms with van der Waals surface area (Å²) in [5, 5.41) is 0. The molecule has 1 aromatic rings. The first kappa shape index (κ1) is 13.6. The Balaban J connectivity index is 2.96. The van der Waals surface area contributed by atoms with Gasteiger partial charge >= 0.3 is 0 Å². The number of anilines is 2. The lowest BCUT2D eigenvalue weighted by Crippen LogP contribution is -2.24. The van der Waals surface area contributed by atoms with Gasteiger partial charge in [-0.2, -0.15) is 0 Å². The summed E-state index contributed by atoms with van der Waals surface area (Å²) >= 11 is 0. The summed E-state index contributed by atoms with van der Waals surface area (Å²) in [5.74, 6) is 0.717. The van der Waals surface area contributed by atoms with Crippen LogP contribution >= 0.6 is 0 Å². The van der Waals surface area contributed by atoms with Crippen molar-refractivity contribution in [1.82, 2.24) is 0 Å². The van der Waals surface area contributed by atoms with Crippen LogP contribution in [-0.4, -0.2) is 20.7 Å². The zero-order valence-corrected chi connectivity index (χ0v) is 11.0. The van der Waals surface area contributed by atoms with Gasteiger partial charge in [0.25, 0.3) is 0 Å².